The molecule has 0 bridgehead atoms. The van der Waals surface area contributed by atoms with Gasteiger partial charge in [-0.05, 0) is 13.3 Å². The van der Waals surface area contributed by atoms with E-state index in [4.69, 9.17) is 0 Å². The third kappa shape index (κ3) is 3.57. The number of hydrogen-bond donors (Lipinski definition) is 1. The number of unbranched alkanes of at least 4 members (excludes halogenated alkanes) is 1. The lowest BCUT2D eigenvalue weighted by Crippen LogP contribution is -2.39. The lowest BCUT2D eigenvalue weighted by Gasteiger charge is -2.15. The fraction of sp³-hybridized carbons (Fsp3) is 0.692. The van der Waals surface area contributed by atoms with E-state index in [2.05, 4.69) is 19.2 Å². The molecule has 0 aliphatic rings. The summed E-state index contributed by atoms with van der Waals surface area (Å²) in [5, 5.41) is 3.34. The molecule has 0 saturated carbocycles. The molecule has 0 spiro atoms. The predicted octanol–water partition coefficient (Wildman–Crippen LogP) is 0.752. The maximum absolute atomic E-state index is 11.7. The van der Waals surface area contributed by atoms with Crippen LogP contribution < -0.4 is 16.6 Å². The van der Waals surface area contributed by atoms with E-state index >= 15 is 0 Å². The van der Waals surface area contributed by atoms with Crippen molar-refractivity contribution in [3.63, 3.8) is 0 Å². The highest BCUT2D eigenvalue weighted by Gasteiger charge is 2.07. The summed E-state index contributed by atoms with van der Waals surface area (Å²) in [6, 6.07) is 1.91. The Labute approximate surface area is 107 Å². The molecule has 1 aromatic heterocycles. The van der Waals surface area contributed by atoms with Gasteiger partial charge in [0.05, 0.1) is 0 Å². The van der Waals surface area contributed by atoms with Crippen LogP contribution in [-0.2, 0) is 20.6 Å². The largest absolute Gasteiger partial charge is 0.330 e. The van der Waals surface area contributed by atoms with Crippen LogP contribution >= 0.6 is 0 Å². The van der Waals surface area contributed by atoms with Gasteiger partial charge in [0.1, 0.15) is 0 Å². The van der Waals surface area contributed by atoms with Crippen molar-refractivity contribution >= 4 is 0 Å². The zero-order valence-corrected chi connectivity index (χ0v) is 11.7. The van der Waals surface area contributed by atoms with Gasteiger partial charge in [-0.25, -0.2) is 4.79 Å². The normalized spacial score (nSPS) is 12.7. The van der Waals surface area contributed by atoms with E-state index < -0.39 is 0 Å². The van der Waals surface area contributed by atoms with Crippen molar-refractivity contribution in [3.8, 4) is 0 Å². The first-order valence-electron chi connectivity index (χ1n) is 6.46. The molecule has 5 heteroatoms. The lowest BCUT2D eigenvalue weighted by atomic mass is 10.1. The molecule has 1 rings (SSSR count). The molecule has 1 aromatic rings. The standard InChI is InChI=1S/C13H23N3O2/c1-5-6-7-10(2)14-9-11-8-12(17)16(4)13(18)15(11)3/h8,10,14H,5-7,9H2,1-4H3. The number of aromatic nitrogens is 2. The summed E-state index contributed by atoms with van der Waals surface area (Å²) in [7, 11) is 3.18. The van der Waals surface area contributed by atoms with Crippen LogP contribution in [0.5, 0.6) is 0 Å². The average molecular weight is 253 g/mol. The van der Waals surface area contributed by atoms with Crippen LogP contribution in [0.25, 0.3) is 0 Å². The fourth-order valence-electron chi connectivity index (χ4n) is 1.84. The minimum atomic E-state index is -0.277. The van der Waals surface area contributed by atoms with E-state index in [0.717, 1.165) is 16.7 Å². The SMILES string of the molecule is CCCCC(C)NCc1cc(=O)n(C)c(=O)n1C. The van der Waals surface area contributed by atoms with Gasteiger partial charge in [-0.15, -0.1) is 0 Å². The Bertz CT molecular complexity index is 502. The van der Waals surface area contributed by atoms with Gasteiger partial charge in [-0.1, -0.05) is 19.8 Å². The Balaban J connectivity index is 2.74. The molecule has 0 radical (unpaired) electrons. The zero-order chi connectivity index (χ0) is 13.7. The molecule has 1 atom stereocenters. The fourth-order valence-corrected chi connectivity index (χ4v) is 1.84. The van der Waals surface area contributed by atoms with Crippen molar-refractivity contribution < 1.29 is 0 Å². The second-order valence-electron chi connectivity index (χ2n) is 4.80. The van der Waals surface area contributed by atoms with Crippen LogP contribution in [0.1, 0.15) is 38.8 Å². The molecular weight excluding hydrogens is 230 g/mol. The third-order valence-electron chi connectivity index (χ3n) is 3.25. The van der Waals surface area contributed by atoms with Crippen molar-refractivity contribution in [1.82, 2.24) is 14.5 Å². The van der Waals surface area contributed by atoms with Gasteiger partial charge in [0.15, 0.2) is 0 Å². The van der Waals surface area contributed by atoms with E-state index in [0.29, 0.717) is 12.6 Å². The van der Waals surface area contributed by atoms with Crippen LogP contribution in [-0.4, -0.2) is 15.2 Å². The molecule has 102 valence electrons. The summed E-state index contributed by atoms with van der Waals surface area (Å²) < 4.78 is 2.63. The first kappa shape index (κ1) is 14.7. The Hall–Kier alpha value is -1.36. The number of nitrogens with zero attached hydrogens (tertiary/aromatic N) is 2. The van der Waals surface area contributed by atoms with Crippen molar-refractivity contribution in [1.29, 1.82) is 0 Å². The summed E-state index contributed by atoms with van der Waals surface area (Å²) in [6.07, 6.45) is 3.47. The second kappa shape index (κ2) is 6.54. The molecule has 1 heterocycles. The van der Waals surface area contributed by atoms with Gasteiger partial charge >= 0.3 is 5.69 Å². The van der Waals surface area contributed by atoms with Crippen LogP contribution in [0, 0.1) is 0 Å². The van der Waals surface area contributed by atoms with Crippen LogP contribution in [0.2, 0.25) is 0 Å². The summed E-state index contributed by atoms with van der Waals surface area (Å²) >= 11 is 0. The monoisotopic (exact) mass is 253 g/mol. The summed E-state index contributed by atoms with van der Waals surface area (Å²) in [6.45, 7) is 4.83. The lowest BCUT2D eigenvalue weighted by molar-refractivity contribution is 0.480. The van der Waals surface area contributed by atoms with Gasteiger partial charge < -0.3 is 5.32 Å². The number of hydrogen-bond acceptors (Lipinski definition) is 3. The molecule has 0 aliphatic carbocycles. The third-order valence-corrected chi connectivity index (χ3v) is 3.25. The van der Waals surface area contributed by atoms with Crippen molar-refractivity contribution in [2.45, 2.75) is 45.7 Å². The zero-order valence-electron chi connectivity index (χ0n) is 11.7. The van der Waals surface area contributed by atoms with E-state index in [1.54, 1.807) is 7.05 Å². The Morgan fingerprint density at radius 2 is 1.94 bits per heavy atom. The molecular formula is C13H23N3O2. The van der Waals surface area contributed by atoms with Crippen molar-refractivity contribution in [3.05, 3.63) is 32.6 Å². The van der Waals surface area contributed by atoms with E-state index in [9.17, 15) is 9.59 Å². The predicted molar refractivity (Wildman–Crippen MR) is 72.8 cm³/mol. The highest BCUT2D eigenvalue weighted by Crippen LogP contribution is 2.00. The van der Waals surface area contributed by atoms with Gasteiger partial charge in [-0.3, -0.25) is 13.9 Å². The highest BCUT2D eigenvalue weighted by atomic mass is 16.2. The van der Waals surface area contributed by atoms with Gasteiger partial charge in [0, 0.05) is 38.4 Å². The molecule has 0 saturated heterocycles. The molecule has 1 unspecified atom stereocenters. The number of nitrogens with one attached hydrogen (secondary N) is 1. The Morgan fingerprint density at radius 1 is 1.28 bits per heavy atom. The number of rotatable bonds is 6. The van der Waals surface area contributed by atoms with Crippen LogP contribution in [0.15, 0.2) is 15.7 Å². The second-order valence-corrected chi connectivity index (χ2v) is 4.80. The van der Waals surface area contributed by atoms with Crippen molar-refractivity contribution in [2.75, 3.05) is 0 Å². The molecule has 18 heavy (non-hydrogen) atoms. The topological polar surface area (TPSA) is 56.0 Å². The minimum absolute atomic E-state index is 0.254. The molecule has 0 aromatic carbocycles. The van der Waals surface area contributed by atoms with Crippen LogP contribution in [0.4, 0.5) is 0 Å². The summed E-state index contributed by atoms with van der Waals surface area (Å²) in [4.78, 5) is 23.3. The molecule has 0 amide bonds. The summed E-state index contributed by atoms with van der Waals surface area (Å²) in [5.74, 6) is 0. The summed E-state index contributed by atoms with van der Waals surface area (Å²) in [5.41, 5.74) is 0.197. The quantitative estimate of drug-likeness (QED) is 0.814. The average Bonchev–Trinajstić information content (AvgIpc) is 2.36. The van der Waals surface area contributed by atoms with Gasteiger partial charge in [0.25, 0.3) is 5.56 Å². The molecule has 5 nitrogen and oxygen atoms in total. The molecule has 0 fully saturated rings. The van der Waals surface area contributed by atoms with Crippen LogP contribution in [0.3, 0.4) is 0 Å². The van der Waals surface area contributed by atoms with Gasteiger partial charge in [-0.2, -0.15) is 0 Å². The Kier molecular flexibility index (Phi) is 5.34. The maximum atomic E-state index is 11.7. The molecule has 1 N–H and O–H groups in total. The Morgan fingerprint density at radius 3 is 2.56 bits per heavy atom. The smallest absolute Gasteiger partial charge is 0.309 e. The maximum Gasteiger partial charge on any atom is 0.330 e. The van der Waals surface area contributed by atoms with Crippen molar-refractivity contribution in [2.24, 2.45) is 14.1 Å². The van der Waals surface area contributed by atoms with E-state index in [-0.39, 0.29) is 11.2 Å². The van der Waals surface area contributed by atoms with E-state index in [1.165, 1.54) is 30.5 Å². The molecule has 0 aliphatic heterocycles. The minimum Gasteiger partial charge on any atom is -0.309 e. The first-order valence-corrected chi connectivity index (χ1v) is 6.46. The van der Waals surface area contributed by atoms with Gasteiger partial charge in [0.2, 0.25) is 0 Å². The van der Waals surface area contributed by atoms with E-state index in [1.807, 2.05) is 0 Å². The highest BCUT2D eigenvalue weighted by molar-refractivity contribution is 5.02. The first-order chi connectivity index (χ1) is 8.47.